The average Bonchev–Trinajstić information content (AvgIpc) is 3.03. The van der Waals surface area contributed by atoms with Gasteiger partial charge in [-0.2, -0.15) is 0 Å². The standard InChI is InChI=1S/C16H28N2O2/c1-9(2)7-12-16(19)18(15(17-12)10(3)4)13-8-11-5-6-14(13)20-11/h9-15,17H,5-8H2,1-4H3. The number of ether oxygens (including phenoxy) is 1. The lowest BCUT2D eigenvalue weighted by atomic mass is 9.93. The van der Waals surface area contributed by atoms with E-state index in [4.69, 9.17) is 4.74 Å². The van der Waals surface area contributed by atoms with Crippen LogP contribution in [-0.4, -0.2) is 41.3 Å². The summed E-state index contributed by atoms with van der Waals surface area (Å²) in [6, 6.07) is 0.305. The van der Waals surface area contributed by atoms with Crippen molar-refractivity contribution < 1.29 is 9.53 Å². The van der Waals surface area contributed by atoms with Gasteiger partial charge >= 0.3 is 0 Å². The maximum atomic E-state index is 12.8. The van der Waals surface area contributed by atoms with E-state index in [0.29, 0.717) is 29.9 Å². The Kier molecular flexibility index (Phi) is 3.80. The Labute approximate surface area is 122 Å². The van der Waals surface area contributed by atoms with Crippen LogP contribution < -0.4 is 5.32 Å². The van der Waals surface area contributed by atoms with Gasteiger partial charge in [0.2, 0.25) is 5.91 Å². The first-order valence-electron chi connectivity index (χ1n) is 8.21. The number of nitrogens with zero attached hydrogens (tertiary/aromatic N) is 1. The van der Waals surface area contributed by atoms with Crippen LogP contribution in [0.4, 0.5) is 0 Å². The minimum Gasteiger partial charge on any atom is -0.373 e. The number of carbonyl (C=O) groups is 1. The number of rotatable bonds is 4. The second kappa shape index (κ2) is 5.30. The Morgan fingerprint density at radius 1 is 1.30 bits per heavy atom. The molecule has 4 nitrogen and oxygen atoms in total. The van der Waals surface area contributed by atoms with E-state index >= 15 is 0 Å². The first-order valence-corrected chi connectivity index (χ1v) is 8.21. The van der Waals surface area contributed by atoms with Gasteiger partial charge in [-0.25, -0.2) is 0 Å². The summed E-state index contributed by atoms with van der Waals surface area (Å²) in [5, 5.41) is 3.58. The highest BCUT2D eigenvalue weighted by molar-refractivity contribution is 5.84. The predicted molar refractivity (Wildman–Crippen MR) is 78.2 cm³/mol. The summed E-state index contributed by atoms with van der Waals surface area (Å²) >= 11 is 0. The van der Waals surface area contributed by atoms with Crippen LogP contribution in [0, 0.1) is 11.8 Å². The van der Waals surface area contributed by atoms with Crippen molar-refractivity contribution in [3.05, 3.63) is 0 Å². The van der Waals surface area contributed by atoms with E-state index in [1.807, 2.05) is 0 Å². The molecular weight excluding hydrogens is 252 g/mol. The molecule has 3 rings (SSSR count). The number of fused-ring (bicyclic) bond motifs is 2. The van der Waals surface area contributed by atoms with E-state index in [0.717, 1.165) is 19.3 Å². The molecule has 5 atom stereocenters. The van der Waals surface area contributed by atoms with Gasteiger partial charge in [-0.3, -0.25) is 10.1 Å². The molecule has 0 aromatic carbocycles. The molecule has 0 aromatic heterocycles. The molecule has 2 bridgehead atoms. The highest BCUT2D eigenvalue weighted by Gasteiger charge is 2.51. The van der Waals surface area contributed by atoms with Crippen molar-refractivity contribution in [1.29, 1.82) is 0 Å². The molecule has 0 saturated carbocycles. The zero-order chi connectivity index (χ0) is 14.4. The Morgan fingerprint density at radius 3 is 2.55 bits per heavy atom. The van der Waals surface area contributed by atoms with Gasteiger partial charge in [-0.05, 0) is 37.5 Å². The molecule has 3 heterocycles. The Balaban J connectivity index is 1.78. The van der Waals surface area contributed by atoms with Crippen LogP contribution in [0.2, 0.25) is 0 Å². The molecule has 0 spiro atoms. The van der Waals surface area contributed by atoms with Crippen molar-refractivity contribution in [2.75, 3.05) is 0 Å². The number of hydrogen-bond acceptors (Lipinski definition) is 3. The van der Waals surface area contributed by atoms with E-state index in [-0.39, 0.29) is 18.3 Å². The molecule has 114 valence electrons. The van der Waals surface area contributed by atoms with Crippen LogP contribution in [0.1, 0.15) is 53.4 Å². The van der Waals surface area contributed by atoms with E-state index in [1.54, 1.807) is 0 Å². The van der Waals surface area contributed by atoms with E-state index in [2.05, 4.69) is 37.9 Å². The number of carbonyl (C=O) groups excluding carboxylic acids is 1. The molecule has 4 heteroatoms. The average molecular weight is 280 g/mol. The van der Waals surface area contributed by atoms with Crippen LogP contribution in [0.5, 0.6) is 0 Å². The highest BCUT2D eigenvalue weighted by atomic mass is 16.5. The van der Waals surface area contributed by atoms with E-state index in [1.165, 1.54) is 6.42 Å². The van der Waals surface area contributed by atoms with Crippen LogP contribution in [0.15, 0.2) is 0 Å². The van der Waals surface area contributed by atoms with Crippen LogP contribution in [0.25, 0.3) is 0 Å². The molecule has 3 saturated heterocycles. The fraction of sp³-hybridized carbons (Fsp3) is 0.938. The molecule has 0 aliphatic carbocycles. The summed E-state index contributed by atoms with van der Waals surface area (Å²) in [5.41, 5.74) is 0. The monoisotopic (exact) mass is 280 g/mol. The second-order valence-corrected chi connectivity index (χ2v) is 7.46. The molecule has 3 fully saturated rings. The van der Waals surface area contributed by atoms with Gasteiger partial charge in [0.25, 0.3) is 0 Å². The second-order valence-electron chi connectivity index (χ2n) is 7.46. The number of nitrogens with one attached hydrogen (secondary N) is 1. The predicted octanol–water partition coefficient (Wildman–Crippen LogP) is 2.13. The Bertz CT molecular complexity index is 383. The molecular formula is C16H28N2O2. The summed E-state index contributed by atoms with van der Waals surface area (Å²) in [5.74, 6) is 1.29. The zero-order valence-corrected chi connectivity index (χ0v) is 13.1. The van der Waals surface area contributed by atoms with Crippen molar-refractivity contribution in [3.63, 3.8) is 0 Å². The van der Waals surface area contributed by atoms with Crippen molar-refractivity contribution in [1.82, 2.24) is 10.2 Å². The van der Waals surface area contributed by atoms with Crippen LogP contribution in [-0.2, 0) is 9.53 Å². The van der Waals surface area contributed by atoms with Gasteiger partial charge in [-0.1, -0.05) is 27.7 Å². The van der Waals surface area contributed by atoms with Gasteiger partial charge < -0.3 is 9.64 Å². The van der Waals surface area contributed by atoms with Gasteiger partial charge in [0.05, 0.1) is 30.5 Å². The summed E-state index contributed by atoms with van der Waals surface area (Å²) < 4.78 is 5.97. The highest BCUT2D eigenvalue weighted by Crippen LogP contribution is 2.40. The summed E-state index contributed by atoms with van der Waals surface area (Å²) in [6.45, 7) is 8.76. The quantitative estimate of drug-likeness (QED) is 0.858. The summed E-state index contributed by atoms with van der Waals surface area (Å²) in [6.07, 6.45) is 5.13. The van der Waals surface area contributed by atoms with Crippen LogP contribution in [0.3, 0.4) is 0 Å². The maximum absolute atomic E-state index is 12.8. The lowest BCUT2D eigenvalue weighted by Gasteiger charge is -2.35. The molecule has 0 radical (unpaired) electrons. The third-order valence-electron chi connectivity index (χ3n) is 4.99. The molecule has 0 aromatic rings. The number of hydrogen-bond donors (Lipinski definition) is 1. The first kappa shape index (κ1) is 14.3. The topological polar surface area (TPSA) is 41.6 Å². The fourth-order valence-corrected chi connectivity index (χ4v) is 4.10. The summed E-state index contributed by atoms with van der Waals surface area (Å²) in [4.78, 5) is 15.0. The maximum Gasteiger partial charge on any atom is 0.241 e. The van der Waals surface area contributed by atoms with Crippen LogP contribution >= 0.6 is 0 Å². The normalized spacial score (nSPS) is 40.6. The van der Waals surface area contributed by atoms with Crippen molar-refractivity contribution >= 4 is 5.91 Å². The lowest BCUT2D eigenvalue weighted by molar-refractivity contribution is -0.134. The van der Waals surface area contributed by atoms with Crippen molar-refractivity contribution in [3.8, 4) is 0 Å². The van der Waals surface area contributed by atoms with E-state index in [9.17, 15) is 4.79 Å². The Hall–Kier alpha value is -0.610. The molecule has 5 unspecified atom stereocenters. The van der Waals surface area contributed by atoms with Crippen molar-refractivity contribution in [2.24, 2.45) is 11.8 Å². The van der Waals surface area contributed by atoms with Crippen molar-refractivity contribution in [2.45, 2.75) is 83.8 Å². The van der Waals surface area contributed by atoms with Gasteiger partial charge in [0.15, 0.2) is 0 Å². The zero-order valence-electron chi connectivity index (χ0n) is 13.1. The largest absolute Gasteiger partial charge is 0.373 e. The van der Waals surface area contributed by atoms with Gasteiger partial charge in [0, 0.05) is 0 Å². The van der Waals surface area contributed by atoms with Gasteiger partial charge in [0.1, 0.15) is 0 Å². The van der Waals surface area contributed by atoms with E-state index < -0.39 is 0 Å². The smallest absolute Gasteiger partial charge is 0.241 e. The first-order chi connectivity index (χ1) is 9.47. The molecule has 1 N–H and O–H groups in total. The molecule has 20 heavy (non-hydrogen) atoms. The number of amides is 1. The van der Waals surface area contributed by atoms with Gasteiger partial charge in [-0.15, -0.1) is 0 Å². The summed E-state index contributed by atoms with van der Waals surface area (Å²) in [7, 11) is 0. The minimum absolute atomic E-state index is 0.00141. The molecule has 1 amide bonds. The molecule has 3 aliphatic rings. The minimum atomic E-state index is 0.00141. The fourth-order valence-electron chi connectivity index (χ4n) is 4.10. The molecule has 3 aliphatic heterocycles. The SMILES string of the molecule is CC(C)CC1NC(C(C)C)N(C2CC3CCC2O3)C1=O. The third kappa shape index (κ3) is 2.37. The third-order valence-corrected chi connectivity index (χ3v) is 4.99. The lowest BCUT2D eigenvalue weighted by Crippen LogP contribution is -2.51. The Morgan fingerprint density at radius 2 is 2.05 bits per heavy atom.